The number of nitrogens with one attached hydrogen (secondary N) is 1. The summed E-state index contributed by atoms with van der Waals surface area (Å²) in [5.41, 5.74) is 7.04. The molecule has 0 unspecified atom stereocenters. The van der Waals surface area contributed by atoms with Crippen molar-refractivity contribution in [1.82, 2.24) is 4.98 Å². The summed E-state index contributed by atoms with van der Waals surface area (Å²) in [6.45, 7) is 0.0959. The number of aliphatic hydroxyl groups excluding tert-OH is 1. The zero-order valence-corrected chi connectivity index (χ0v) is 10.00. The summed E-state index contributed by atoms with van der Waals surface area (Å²) in [5.74, 6) is 0.581. The van der Waals surface area contributed by atoms with E-state index in [1.165, 1.54) is 11.8 Å². The van der Waals surface area contributed by atoms with Gasteiger partial charge in [0.1, 0.15) is 5.84 Å². The van der Waals surface area contributed by atoms with Gasteiger partial charge in [-0.3, -0.25) is 10.4 Å². The van der Waals surface area contributed by atoms with E-state index in [1.54, 1.807) is 6.20 Å². The Morgan fingerprint density at radius 1 is 1.41 bits per heavy atom. The average Bonchev–Trinajstić information content (AvgIpc) is 2.35. The van der Waals surface area contributed by atoms with E-state index < -0.39 is 0 Å². The maximum atomic E-state index is 8.91. The van der Waals surface area contributed by atoms with Crippen LogP contribution in [0.25, 0.3) is 10.9 Å². The number of hydrogen-bond acceptors (Lipinski definition) is 4. The predicted octanol–water partition coefficient (Wildman–Crippen LogP) is 1.60. The molecular weight excluding hydrogens is 234 g/mol. The van der Waals surface area contributed by atoms with Crippen LogP contribution in [0, 0.1) is 5.41 Å². The second-order valence-electron chi connectivity index (χ2n) is 3.50. The fraction of sp³-hybridized carbons (Fsp3) is 0.167. The molecular formula is C12H13N3OS. The van der Waals surface area contributed by atoms with E-state index in [1.807, 2.05) is 24.3 Å². The first kappa shape index (κ1) is 11.9. The zero-order chi connectivity index (χ0) is 12.3. The number of hydrogen-bond donors (Lipinski definition) is 3. The summed E-state index contributed by atoms with van der Waals surface area (Å²) in [4.78, 5) is 5.19. The van der Waals surface area contributed by atoms with Crippen molar-refractivity contribution in [3.63, 3.8) is 0 Å². The molecule has 0 atom stereocenters. The standard InChI is InChI=1S/C12H13N3OS/c13-12(14)9-7-15-10-4-2-1-3-8(10)11(9)17-6-5-16/h1-4,7,16H,5-6H2,(H3,13,14). The van der Waals surface area contributed by atoms with Crippen LogP contribution >= 0.6 is 11.8 Å². The van der Waals surface area contributed by atoms with Gasteiger partial charge in [-0.05, 0) is 6.07 Å². The third kappa shape index (κ3) is 2.40. The molecule has 0 aliphatic rings. The monoisotopic (exact) mass is 247 g/mol. The lowest BCUT2D eigenvalue weighted by atomic mass is 10.1. The molecule has 0 aliphatic heterocycles. The van der Waals surface area contributed by atoms with Crippen molar-refractivity contribution < 1.29 is 5.11 Å². The van der Waals surface area contributed by atoms with Gasteiger partial charge in [0.25, 0.3) is 0 Å². The van der Waals surface area contributed by atoms with Gasteiger partial charge in [0, 0.05) is 27.8 Å². The smallest absolute Gasteiger partial charge is 0.125 e. The van der Waals surface area contributed by atoms with Crippen molar-refractivity contribution in [2.24, 2.45) is 5.73 Å². The van der Waals surface area contributed by atoms with E-state index in [9.17, 15) is 0 Å². The summed E-state index contributed by atoms with van der Waals surface area (Å²) in [6, 6.07) is 7.72. The Morgan fingerprint density at radius 2 is 2.18 bits per heavy atom. The zero-order valence-electron chi connectivity index (χ0n) is 9.18. The molecule has 0 saturated carbocycles. The van der Waals surface area contributed by atoms with E-state index in [-0.39, 0.29) is 12.4 Å². The summed E-state index contributed by atoms with van der Waals surface area (Å²) in [6.07, 6.45) is 1.62. The molecule has 17 heavy (non-hydrogen) atoms. The number of para-hydroxylation sites is 1. The second-order valence-corrected chi connectivity index (χ2v) is 4.61. The van der Waals surface area contributed by atoms with Gasteiger partial charge in [-0.1, -0.05) is 18.2 Å². The van der Waals surface area contributed by atoms with Gasteiger partial charge in [-0.25, -0.2) is 0 Å². The van der Waals surface area contributed by atoms with Gasteiger partial charge in [0.05, 0.1) is 12.1 Å². The molecule has 1 heterocycles. The van der Waals surface area contributed by atoms with Crippen LogP contribution in [0.3, 0.4) is 0 Å². The molecule has 0 amide bonds. The summed E-state index contributed by atoms with van der Waals surface area (Å²) in [5, 5.41) is 17.4. The normalized spacial score (nSPS) is 10.6. The highest BCUT2D eigenvalue weighted by Gasteiger charge is 2.10. The van der Waals surface area contributed by atoms with Crippen LogP contribution in [-0.2, 0) is 0 Å². The Kier molecular flexibility index (Phi) is 3.61. The van der Waals surface area contributed by atoms with Gasteiger partial charge >= 0.3 is 0 Å². The lowest BCUT2D eigenvalue weighted by Gasteiger charge is -2.10. The number of benzene rings is 1. The number of pyridine rings is 1. The first-order chi connectivity index (χ1) is 8.24. The molecule has 5 heteroatoms. The highest BCUT2D eigenvalue weighted by Crippen LogP contribution is 2.29. The van der Waals surface area contributed by atoms with Crippen molar-refractivity contribution in [2.45, 2.75) is 4.90 Å². The van der Waals surface area contributed by atoms with Crippen molar-refractivity contribution in [3.8, 4) is 0 Å². The fourth-order valence-electron chi connectivity index (χ4n) is 1.61. The number of nitrogens with zero attached hydrogens (tertiary/aromatic N) is 1. The van der Waals surface area contributed by atoms with E-state index in [2.05, 4.69) is 4.98 Å². The molecule has 4 nitrogen and oxygen atoms in total. The molecule has 0 aliphatic carbocycles. The highest BCUT2D eigenvalue weighted by atomic mass is 32.2. The van der Waals surface area contributed by atoms with Crippen LogP contribution in [0.4, 0.5) is 0 Å². The van der Waals surface area contributed by atoms with E-state index >= 15 is 0 Å². The first-order valence-electron chi connectivity index (χ1n) is 5.20. The van der Waals surface area contributed by atoms with E-state index in [4.69, 9.17) is 16.2 Å². The molecule has 0 radical (unpaired) electrons. The highest BCUT2D eigenvalue weighted by molar-refractivity contribution is 7.99. The van der Waals surface area contributed by atoms with Gasteiger partial charge in [0.2, 0.25) is 0 Å². The largest absolute Gasteiger partial charge is 0.396 e. The van der Waals surface area contributed by atoms with Crippen LogP contribution in [-0.4, -0.2) is 28.3 Å². The van der Waals surface area contributed by atoms with Crippen LogP contribution in [0.15, 0.2) is 35.4 Å². The average molecular weight is 247 g/mol. The quantitative estimate of drug-likeness (QED) is 0.435. The summed E-state index contributed by atoms with van der Waals surface area (Å²) in [7, 11) is 0. The molecule has 1 aromatic heterocycles. The maximum Gasteiger partial charge on any atom is 0.125 e. The van der Waals surface area contributed by atoms with E-state index in [0.29, 0.717) is 11.3 Å². The van der Waals surface area contributed by atoms with Crippen LogP contribution in [0.1, 0.15) is 5.56 Å². The third-order valence-electron chi connectivity index (χ3n) is 2.35. The Bertz CT molecular complexity index is 556. The van der Waals surface area contributed by atoms with Crippen molar-refractivity contribution in [2.75, 3.05) is 12.4 Å². The minimum Gasteiger partial charge on any atom is -0.396 e. The minimum absolute atomic E-state index is 0.00342. The van der Waals surface area contributed by atoms with Gasteiger partial charge < -0.3 is 10.8 Å². The lowest BCUT2D eigenvalue weighted by Crippen LogP contribution is -2.13. The number of amidine groups is 1. The minimum atomic E-state index is 0.00342. The van der Waals surface area contributed by atoms with Crippen LogP contribution in [0.5, 0.6) is 0 Å². The number of rotatable bonds is 4. The van der Waals surface area contributed by atoms with Crippen molar-refractivity contribution in [1.29, 1.82) is 5.41 Å². The maximum absolute atomic E-state index is 8.91. The van der Waals surface area contributed by atoms with Gasteiger partial charge in [-0.15, -0.1) is 11.8 Å². The molecule has 2 rings (SSSR count). The van der Waals surface area contributed by atoms with Gasteiger partial charge in [-0.2, -0.15) is 0 Å². The number of aromatic nitrogens is 1. The van der Waals surface area contributed by atoms with Crippen LogP contribution in [0.2, 0.25) is 0 Å². The number of nitrogens with two attached hydrogens (primary N) is 1. The Labute approximate surface area is 103 Å². The molecule has 88 valence electrons. The van der Waals surface area contributed by atoms with Gasteiger partial charge in [0.15, 0.2) is 0 Å². The predicted molar refractivity (Wildman–Crippen MR) is 70.6 cm³/mol. The molecule has 4 N–H and O–H groups in total. The number of thioether (sulfide) groups is 1. The van der Waals surface area contributed by atoms with E-state index in [0.717, 1.165) is 15.8 Å². The van der Waals surface area contributed by atoms with Crippen molar-refractivity contribution >= 4 is 28.5 Å². The lowest BCUT2D eigenvalue weighted by molar-refractivity contribution is 0.322. The number of nitrogen functional groups attached to an aromatic ring is 1. The third-order valence-corrected chi connectivity index (χ3v) is 3.47. The number of aliphatic hydroxyl groups is 1. The molecule has 0 bridgehead atoms. The van der Waals surface area contributed by atoms with Crippen LogP contribution < -0.4 is 5.73 Å². The molecule has 0 saturated heterocycles. The second kappa shape index (κ2) is 5.16. The summed E-state index contributed by atoms with van der Waals surface area (Å²) < 4.78 is 0. The Hall–Kier alpha value is -1.59. The molecule has 2 aromatic rings. The SMILES string of the molecule is N=C(N)c1cnc2ccccc2c1SCCO. The topological polar surface area (TPSA) is 83.0 Å². The molecule has 0 fully saturated rings. The molecule has 0 spiro atoms. The Morgan fingerprint density at radius 3 is 2.88 bits per heavy atom. The first-order valence-corrected chi connectivity index (χ1v) is 6.18. The molecule has 1 aromatic carbocycles. The van der Waals surface area contributed by atoms with Crippen molar-refractivity contribution in [3.05, 3.63) is 36.0 Å². The fourth-order valence-corrected chi connectivity index (χ4v) is 2.55. The number of fused-ring (bicyclic) bond motifs is 1. The summed E-state index contributed by atoms with van der Waals surface area (Å²) >= 11 is 1.49. The Balaban J connectivity index is 2.61.